The van der Waals surface area contributed by atoms with Crippen molar-refractivity contribution in [3.63, 3.8) is 0 Å². The van der Waals surface area contributed by atoms with Crippen LogP contribution in [0.2, 0.25) is 0 Å². The zero-order chi connectivity index (χ0) is 22.9. The average Bonchev–Trinajstić information content (AvgIpc) is 3.18. The summed E-state index contributed by atoms with van der Waals surface area (Å²) in [6, 6.07) is 11.5. The van der Waals surface area contributed by atoms with Gasteiger partial charge in [-0.1, -0.05) is 19.1 Å². The van der Waals surface area contributed by atoms with Gasteiger partial charge < -0.3 is 15.0 Å². The molecule has 0 atom stereocenters. The number of rotatable bonds is 12. The van der Waals surface area contributed by atoms with E-state index in [2.05, 4.69) is 60.4 Å². The lowest BCUT2D eigenvalue weighted by Crippen LogP contribution is -2.29. The molecule has 0 aliphatic heterocycles. The fourth-order valence-corrected chi connectivity index (χ4v) is 3.64. The number of fused-ring (bicyclic) bond motifs is 1. The number of hydrogen-bond acceptors (Lipinski definition) is 5. The minimum Gasteiger partial charge on any atom is -0.494 e. The molecule has 0 aliphatic carbocycles. The molecule has 0 unspecified atom stereocenters. The third kappa shape index (κ3) is 6.29. The smallest absolute Gasteiger partial charge is 0.251 e. The summed E-state index contributed by atoms with van der Waals surface area (Å²) in [4.78, 5) is 14.7. The van der Waals surface area contributed by atoms with E-state index in [9.17, 15) is 4.79 Å². The van der Waals surface area contributed by atoms with Gasteiger partial charge in [0.2, 0.25) is 0 Å². The standard InChI is InChI=1S/C25H35N5O2/c1-5-29(6-2)14-7-13-26-25(31)21-9-11-22(12-10-21)32-16-8-15-30-24-18-20(4)19(3)17-23(24)27-28-30/h9-12,17-18H,5-8,13-16H2,1-4H3,(H,26,31). The second-order valence-corrected chi connectivity index (χ2v) is 8.10. The molecule has 2 aromatic carbocycles. The van der Waals surface area contributed by atoms with Crippen LogP contribution in [0.4, 0.5) is 0 Å². The van der Waals surface area contributed by atoms with E-state index in [1.54, 1.807) is 0 Å². The van der Waals surface area contributed by atoms with Gasteiger partial charge in [0.05, 0.1) is 12.1 Å². The van der Waals surface area contributed by atoms with Gasteiger partial charge in [-0.05, 0) is 87.4 Å². The molecule has 172 valence electrons. The Morgan fingerprint density at radius 1 is 1.06 bits per heavy atom. The highest BCUT2D eigenvalue weighted by Gasteiger charge is 2.08. The first-order valence-corrected chi connectivity index (χ1v) is 11.6. The molecule has 0 radical (unpaired) electrons. The molecule has 0 saturated carbocycles. The van der Waals surface area contributed by atoms with Crippen LogP contribution in [0.3, 0.4) is 0 Å². The number of ether oxygens (including phenoxy) is 1. The van der Waals surface area contributed by atoms with Crippen LogP contribution in [-0.2, 0) is 6.54 Å². The Balaban J connectivity index is 1.40. The van der Waals surface area contributed by atoms with Crippen LogP contribution in [0.5, 0.6) is 5.75 Å². The first-order chi connectivity index (χ1) is 15.5. The number of aryl methyl sites for hydroxylation is 3. The molecule has 1 heterocycles. The minimum atomic E-state index is -0.0420. The highest BCUT2D eigenvalue weighted by molar-refractivity contribution is 5.94. The number of carbonyl (C=O) groups is 1. The normalized spacial score (nSPS) is 11.3. The summed E-state index contributed by atoms with van der Waals surface area (Å²) < 4.78 is 7.77. The van der Waals surface area contributed by atoms with E-state index >= 15 is 0 Å². The van der Waals surface area contributed by atoms with Gasteiger partial charge in [-0.25, -0.2) is 4.68 Å². The maximum Gasteiger partial charge on any atom is 0.251 e. The summed E-state index contributed by atoms with van der Waals surface area (Å²) in [6.07, 6.45) is 1.77. The Labute approximate surface area is 190 Å². The van der Waals surface area contributed by atoms with Crippen molar-refractivity contribution in [1.82, 2.24) is 25.2 Å². The van der Waals surface area contributed by atoms with Crippen LogP contribution in [0.15, 0.2) is 36.4 Å². The van der Waals surface area contributed by atoms with Crippen molar-refractivity contribution in [1.29, 1.82) is 0 Å². The maximum atomic E-state index is 12.3. The van der Waals surface area contributed by atoms with Crippen LogP contribution in [-0.4, -0.2) is 58.6 Å². The van der Waals surface area contributed by atoms with Crippen LogP contribution >= 0.6 is 0 Å². The lowest BCUT2D eigenvalue weighted by atomic mass is 10.1. The highest BCUT2D eigenvalue weighted by Crippen LogP contribution is 2.18. The lowest BCUT2D eigenvalue weighted by molar-refractivity contribution is 0.0952. The second kappa shape index (κ2) is 11.6. The molecule has 32 heavy (non-hydrogen) atoms. The summed E-state index contributed by atoms with van der Waals surface area (Å²) >= 11 is 0. The van der Waals surface area contributed by atoms with E-state index in [0.717, 1.165) is 55.8 Å². The van der Waals surface area contributed by atoms with Crippen molar-refractivity contribution >= 4 is 16.9 Å². The largest absolute Gasteiger partial charge is 0.494 e. The summed E-state index contributed by atoms with van der Waals surface area (Å²) in [5.74, 6) is 0.720. The first-order valence-electron chi connectivity index (χ1n) is 11.6. The Morgan fingerprint density at radius 3 is 2.50 bits per heavy atom. The van der Waals surface area contributed by atoms with Crippen molar-refractivity contribution < 1.29 is 9.53 Å². The van der Waals surface area contributed by atoms with E-state index in [1.807, 2.05) is 28.9 Å². The SMILES string of the molecule is CCN(CC)CCCNC(=O)c1ccc(OCCCn2nnc3cc(C)c(C)cc32)cc1. The Bertz CT molecular complexity index is 1010. The molecule has 1 aromatic heterocycles. The summed E-state index contributed by atoms with van der Waals surface area (Å²) in [5.41, 5.74) is 5.10. The quantitative estimate of drug-likeness (QED) is 0.434. The van der Waals surface area contributed by atoms with Crippen molar-refractivity contribution in [3.05, 3.63) is 53.1 Å². The van der Waals surface area contributed by atoms with Gasteiger partial charge in [0.15, 0.2) is 0 Å². The predicted octanol–water partition coefficient (Wildman–Crippen LogP) is 3.98. The van der Waals surface area contributed by atoms with Crippen molar-refractivity contribution in [2.75, 3.05) is 32.8 Å². The average molecular weight is 438 g/mol. The minimum absolute atomic E-state index is 0.0420. The number of carbonyl (C=O) groups excluding carboxylic acids is 1. The summed E-state index contributed by atoms with van der Waals surface area (Å²) in [5, 5.41) is 11.5. The highest BCUT2D eigenvalue weighted by atomic mass is 16.5. The number of benzene rings is 2. The van der Waals surface area contributed by atoms with Gasteiger partial charge in [0.25, 0.3) is 5.91 Å². The Morgan fingerprint density at radius 2 is 1.78 bits per heavy atom. The molecule has 0 bridgehead atoms. The van der Waals surface area contributed by atoms with Crippen LogP contribution in [0.25, 0.3) is 11.0 Å². The fourth-order valence-electron chi connectivity index (χ4n) is 3.64. The molecule has 7 heteroatoms. The molecule has 1 amide bonds. The van der Waals surface area contributed by atoms with Gasteiger partial charge in [-0.3, -0.25) is 4.79 Å². The maximum absolute atomic E-state index is 12.3. The zero-order valence-electron chi connectivity index (χ0n) is 19.7. The number of hydrogen-bond donors (Lipinski definition) is 1. The Hall–Kier alpha value is -2.93. The van der Waals surface area contributed by atoms with Gasteiger partial charge in [-0.2, -0.15) is 0 Å². The number of amides is 1. The molecule has 3 aromatic rings. The van der Waals surface area contributed by atoms with E-state index in [1.165, 1.54) is 11.1 Å². The molecule has 0 aliphatic rings. The second-order valence-electron chi connectivity index (χ2n) is 8.10. The van der Waals surface area contributed by atoms with Gasteiger partial charge in [0.1, 0.15) is 11.3 Å². The van der Waals surface area contributed by atoms with Crippen molar-refractivity contribution in [2.24, 2.45) is 0 Å². The third-order valence-corrected chi connectivity index (χ3v) is 5.86. The molecule has 3 rings (SSSR count). The van der Waals surface area contributed by atoms with Crippen molar-refractivity contribution in [3.8, 4) is 5.75 Å². The number of nitrogens with one attached hydrogen (secondary N) is 1. The van der Waals surface area contributed by atoms with Crippen LogP contribution < -0.4 is 10.1 Å². The molecular weight excluding hydrogens is 402 g/mol. The number of aromatic nitrogens is 3. The Kier molecular flexibility index (Phi) is 8.62. The predicted molar refractivity (Wildman–Crippen MR) is 128 cm³/mol. The monoisotopic (exact) mass is 437 g/mol. The van der Waals surface area contributed by atoms with Crippen LogP contribution in [0, 0.1) is 13.8 Å². The third-order valence-electron chi connectivity index (χ3n) is 5.86. The number of nitrogens with zero attached hydrogens (tertiary/aromatic N) is 4. The van der Waals surface area contributed by atoms with E-state index in [-0.39, 0.29) is 5.91 Å². The van der Waals surface area contributed by atoms with Crippen molar-refractivity contribution in [2.45, 2.75) is 47.1 Å². The molecule has 1 N–H and O–H groups in total. The van der Waals surface area contributed by atoms with Gasteiger partial charge in [0, 0.05) is 25.1 Å². The lowest BCUT2D eigenvalue weighted by Gasteiger charge is -2.17. The van der Waals surface area contributed by atoms with E-state index < -0.39 is 0 Å². The van der Waals surface area contributed by atoms with E-state index in [4.69, 9.17) is 4.74 Å². The van der Waals surface area contributed by atoms with Gasteiger partial charge >= 0.3 is 0 Å². The van der Waals surface area contributed by atoms with Gasteiger partial charge in [-0.15, -0.1) is 5.10 Å². The van der Waals surface area contributed by atoms with Crippen LogP contribution in [0.1, 0.15) is 48.2 Å². The molecular formula is C25H35N5O2. The summed E-state index contributed by atoms with van der Waals surface area (Å²) in [6.45, 7) is 13.6. The molecule has 7 nitrogen and oxygen atoms in total. The topological polar surface area (TPSA) is 72.3 Å². The summed E-state index contributed by atoms with van der Waals surface area (Å²) in [7, 11) is 0. The molecule has 0 spiro atoms. The molecule has 0 saturated heterocycles. The fraction of sp³-hybridized carbons (Fsp3) is 0.480. The first kappa shape index (κ1) is 23.7. The van der Waals surface area contributed by atoms with E-state index in [0.29, 0.717) is 18.7 Å². The zero-order valence-corrected chi connectivity index (χ0v) is 19.7. The molecule has 0 fully saturated rings.